The zero-order chi connectivity index (χ0) is 21.6. The van der Waals surface area contributed by atoms with Crippen molar-refractivity contribution in [1.82, 2.24) is 19.5 Å². The summed E-state index contributed by atoms with van der Waals surface area (Å²) in [5.41, 5.74) is 6.45. The van der Waals surface area contributed by atoms with E-state index < -0.39 is 0 Å². The van der Waals surface area contributed by atoms with E-state index in [9.17, 15) is 0 Å². The smallest absolute Gasteiger partial charge is 0.223 e. The molecule has 0 amide bonds. The third kappa shape index (κ3) is 3.23. The first-order valence-electron chi connectivity index (χ1n) is 10.4. The van der Waals surface area contributed by atoms with Crippen molar-refractivity contribution in [3.05, 3.63) is 34.8 Å². The number of rotatable bonds is 6. The van der Waals surface area contributed by atoms with E-state index in [1.807, 2.05) is 13.0 Å². The summed E-state index contributed by atoms with van der Waals surface area (Å²) in [4.78, 5) is 14.3. The largest absolute Gasteiger partial charge is 0.480 e. The Kier molecular flexibility index (Phi) is 5.45. The number of fused-ring (bicyclic) bond motifs is 2. The van der Waals surface area contributed by atoms with Crippen molar-refractivity contribution >= 4 is 33.9 Å². The van der Waals surface area contributed by atoms with Crippen LogP contribution in [0.3, 0.4) is 0 Å². The number of aromatic nitrogens is 4. The summed E-state index contributed by atoms with van der Waals surface area (Å²) >= 11 is 6.64. The molecule has 6 nitrogen and oxygen atoms in total. The van der Waals surface area contributed by atoms with Crippen molar-refractivity contribution < 1.29 is 9.15 Å². The molecule has 0 aliphatic heterocycles. The standard InChI is InChI=1S/C23H27ClN4O2/c1-7-14(8-2)28-10-13(5)18-22(28)27-21(24)20(25-18)15-9-17-19(26-23(15)29-6)16(11-30-17)12(3)4/h9-12,14H,7-8H2,1-6H3. The van der Waals surface area contributed by atoms with Crippen LogP contribution in [0.5, 0.6) is 5.88 Å². The summed E-state index contributed by atoms with van der Waals surface area (Å²) in [6.07, 6.45) is 5.90. The summed E-state index contributed by atoms with van der Waals surface area (Å²) in [6.45, 7) is 10.6. The maximum Gasteiger partial charge on any atom is 0.223 e. The molecular weight excluding hydrogens is 400 g/mol. The third-order valence-corrected chi connectivity index (χ3v) is 5.99. The Bertz CT molecular complexity index is 1220. The maximum absolute atomic E-state index is 6.64. The molecule has 0 fully saturated rings. The average molecular weight is 427 g/mol. The third-order valence-electron chi connectivity index (χ3n) is 5.73. The monoisotopic (exact) mass is 426 g/mol. The van der Waals surface area contributed by atoms with Gasteiger partial charge in [0.25, 0.3) is 0 Å². The highest BCUT2D eigenvalue weighted by Crippen LogP contribution is 2.38. The van der Waals surface area contributed by atoms with Gasteiger partial charge in [-0.05, 0) is 37.3 Å². The van der Waals surface area contributed by atoms with Crippen LogP contribution in [0.15, 0.2) is 22.9 Å². The molecule has 158 valence electrons. The lowest BCUT2D eigenvalue weighted by Gasteiger charge is -2.16. The molecule has 0 saturated carbocycles. The Morgan fingerprint density at radius 3 is 2.50 bits per heavy atom. The maximum atomic E-state index is 6.64. The molecule has 4 aromatic rings. The Labute approximate surface area is 181 Å². The fourth-order valence-corrected chi connectivity index (χ4v) is 4.23. The molecule has 0 saturated heterocycles. The van der Waals surface area contributed by atoms with Crippen LogP contribution in [0.1, 0.15) is 63.6 Å². The second-order valence-corrected chi connectivity index (χ2v) is 8.32. The van der Waals surface area contributed by atoms with Crippen molar-refractivity contribution in [2.75, 3.05) is 7.11 Å². The normalized spacial score (nSPS) is 12.0. The molecule has 0 N–H and O–H groups in total. The van der Waals surface area contributed by atoms with Gasteiger partial charge < -0.3 is 13.7 Å². The Balaban J connectivity index is 1.94. The van der Waals surface area contributed by atoms with E-state index in [2.05, 4.69) is 38.5 Å². The topological polar surface area (TPSA) is 66.0 Å². The van der Waals surface area contributed by atoms with Gasteiger partial charge in [-0.3, -0.25) is 0 Å². The molecule has 0 unspecified atom stereocenters. The fourth-order valence-electron chi connectivity index (χ4n) is 4.01. The number of hydrogen-bond acceptors (Lipinski definition) is 5. The van der Waals surface area contributed by atoms with E-state index in [-0.39, 0.29) is 0 Å². The van der Waals surface area contributed by atoms with Crippen LogP contribution in [0.25, 0.3) is 33.5 Å². The molecule has 0 aromatic carbocycles. The van der Waals surface area contributed by atoms with Crippen LogP contribution >= 0.6 is 11.6 Å². The van der Waals surface area contributed by atoms with Crippen molar-refractivity contribution in [3.8, 4) is 17.1 Å². The predicted octanol–water partition coefficient (Wildman–Crippen LogP) is 6.69. The molecule has 30 heavy (non-hydrogen) atoms. The summed E-state index contributed by atoms with van der Waals surface area (Å²) in [7, 11) is 1.60. The lowest BCUT2D eigenvalue weighted by atomic mass is 10.1. The van der Waals surface area contributed by atoms with Crippen LogP contribution in [0, 0.1) is 6.92 Å². The van der Waals surface area contributed by atoms with Gasteiger partial charge in [-0.1, -0.05) is 39.3 Å². The minimum absolute atomic E-state index is 0.293. The second kappa shape index (κ2) is 7.91. The molecule has 0 spiro atoms. The van der Waals surface area contributed by atoms with Gasteiger partial charge in [0.1, 0.15) is 16.7 Å². The van der Waals surface area contributed by atoms with Crippen molar-refractivity contribution in [1.29, 1.82) is 0 Å². The summed E-state index contributed by atoms with van der Waals surface area (Å²) in [5, 5.41) is 0.322. The van der Waals surface area contributed by atoms with Crippen LogP contribution in [-0.2, 0) is 0 Å². The van der Waals surface area contributed by atoms with Gasteiger partial charge >= 0.3 is 0 Å². The van der Waals surface area contributed by atoms with E-state index in [0.29, 0.717) is 39.8 Å². The highest BCUT2D eigenvalue weighted by Gasteiger charge is 2.22. The molecule has 0 aliphatic rings. The van der Waals surface area contributed by atoms with E-state index in [1.54, 1.807) is 13.4 Å². The van der Waals surface area contributed by atoms with Crippen molar-refractivity contribution in [2.24, 2.45) is 0 Å². The molecule has 4 rings (SSSR count). The zero-order valence-electron chi connectivity index (χ0n) is 18.3. The first-order chi connectivity index (χ1) is 14.4. The van der Waals surface area contributed by atoms with Crippen LogP contribution in [0.4, 0.5) is 0 Å². The quantitative estimate of drug-likeness (QED) is 0.343. The number of aryl methyl sites for hydroxylation is 1. The van der Waals surface area contributed by atoms with Crippen LogP contribution in [-0.4, -0.2) is 26.6 Å². The molecule has 4 aromatic heterocycles. The van der Waals surface area contributed by atoms with Gasteiger partial charge in [0.2, 0.25) is 5.88 Å². The average Bonchev–Trinajstić information content (AvgIpc) is 3.28. The fraction of sp³-hybridized carbons (Fsp3) is 0.435. The van der Waals surface area contributed by atoms with Crippen LogP contribution in [0.2, 0.25) is 5.15 Å². The predicted molar refractivity (Wildman–Crippen MR) is 121 cm³/mol. The summed E-state index contributed by atoms with van der Waals surface area (Å²) < 4.78 is 13.6. The molecule has 7 heteroatoms. The van der Waals surface area contributed by atoms with Gasteiger partial charge in [0.15, 0.2) is 16.4 Å². The SMILES string of the molecule is CCC(CC)n1cc(C)c2nc(-c3cc4occ(C(C)C)c4nc3OC)c(Cl)nc21. The number of nitrogens with zero attached hydrogens (tertiary/aromatic N) is 4. The van der Waals surface area contributed by atoms with Crippen molar-refractivity contribution in [3.63, 3.8) is 0 Å². The molecule has 0 bridgehead atoms. The first kappa shape index (κ1) is 20.7. The highest BCUT2D eigenvalue weighted by molar-refractivity contribution is 6.32. The summed E-state index contributed by atoms with van der Waals surface area (Å²) in [6, 6.07) is 2.25. The van der Waals surface area contributed by atoms with Gasteiger partial charge in [-0.2, -0.15) is 0 Å². The second-order valence-electron chi connectivity index (χ2n) is 7.96. The van der Waals surface area contributed by atoms with Gasteiger partial charge in [-0.25, -0.2) is 15.0 Å². The lowest BCUT2D eigenvalue weighted by molar-refractivity contribution is 0.401. The molecule has 0 aliphatic carbocycles. The molecule has 4 heterocycles. The van der Waals surface area contributed by atoms with E-state index >= 15 is 0 Å². The number of methoxy groups -OCH3 is 1. The Morgan fingerprint density at radius 2 is 1.87 bits per heavy atom. The van der Waals surface area contributed by atoms with Gasteiger partial charge in [0.05, 0.1) is 18.9 Å². The molecule has 0 atom stereocenters. The molecular formula is C23H27ClN4O2. The van der Waals surface area contributed by atoms with Gasteiger partial charge in [0, 0.05) is 17.8 Å². The number of ether oxygens (including phenoxy) is 1. The zero-order valence-corrected chi connectivity index (χ0v) is 19.0. The number of furan rings is 1. The Morgan fingerprint density at radius 1 is 1.13 bits per heavy atom. The number of hydrogen-bond donors (Lipinski definition) is 0. The number of halogens is 1. The lowest BCUT2D eigenvalue weighted by Crippen LogP contribution is -2.07. The minimum Gasteiger partial charge on any atom is -0.480 e. The van der Waals surface area contributed by atoms with Crippen molar-refractivity contribution in [2.45, 2.75) is 59.4 Å². The van der Waals surface area contributed by atoms with E-state index in [4.69, 9.17) is 35.7 Å². The highest BCUT2D eigenvalue weighted by atomic mass is 35.5. The van der Waals surface area contributed by atoms with E-state index in [1.165, 1.54) is 0 Å². The molecule has 0 radical (unpaired) electrons. The minimum atomic E-state index is 0.293. The van der Waals surface area contributed by atoms with E-state index in [0.717, 1.165) is 40.6 Å². The Hall–Kier alpha value is -2.60. The van der Waals surface area contributed by atoms with Gasteiger partial charge in [-0.15, -0.1) is 0 Å². The first-order valence-corrected chi connectivity index (χ1v) is 10.8. The summed E-state index contributed by atoms with van der Waals surface area (Å²) in [5.74, 6) is 0.750. The van der Waals surface area contributed by atoms with Crippen LogP contribution < -0.4 is 4.74 Å². The number of pyridine rings is 1.